The molecule has 0 fully saturated rings. The lowest BCUT2D eigenvalue weighted by Gasteiger charge is -2.26. The number of hydrogen-bond donors (Lipinski definition) is 0. The molecular formula is C52H35NS. The largest absolute Gasteiger partial charge is 0.310 e. The minimum absolute atomic E-state index is 1.12. The van der Waals surface area contributed by atoms with Crippen LogP contribution in [0.25, 0.3) is 75.5 Å². The molecule has 0 radical (unpaired) electrons. The summed E-state index contributed by atoms with van der Waals surface area (Å²) in [5.74, 6) is 0. The third-order valence-electron chi connectivity index (χ3n) is 10.5. The molecule has 1 heterocycles. The van der Waals surface area contributed by atoms with Gasteiger partial charge in [-0.3, -0.25) is 0 Å². The predicted octanol–water partition coefficient (Wildman–Crippen LogP) is 15.3. The average molecular weight is 706 g/mol. The van der Waals surface area contributed by atoms with E-state index in [-0.39, 0.29) is 0 Å². The summed E-state index contributed by atoms with van der Waals surface area (Å²) in [6.45, 7) is 0. The van der Waals surface area contributed by atoms with E-state index in [2.05, 4.69) is 217 Å². The number of thiophene rings is 1. The molecule has 0 aliphatic carbocycles. The van der Waals surface area contributed by atoms with E-state index in [1.54, 1.807) is 0 Å². The molecule has 0 aliphatic heterocycles. The standard InChI is InChI=1S/C52H35NS/c1-2-9-36(10-3-1)39-23-27-46(28-24-39)53(48-31-32-50-49-15-6-7-16-51(49)54-52(50)35-48)47-29-25-40(26-30-47)38-17-19-41(20-18-38)43-13-8-14-44(33-43)45-22-21-37-11-4-5-12-42(37)34-45/h1-35H. The number of hydrogen-bond acceptors (Lipinski definition) is 2. The third kappa shape index (κ3) is 6.03. The zero-order chi connectivity index (χ0) is 35.8. The Morgan fingerprint density at radius 1 is 0.259 bits per heavy atom. The van der Waals surface area contributed by atoms with Gasteiger partial charge in [0, 0.05) is 37.2 Å². The van der Waals surface area contributed by atoms with E-state index in [0.29, 0.717) is 0 Å². The summed E-state index contributed by atoms with van der Waals surface area (Å²) in [7, 11) is 0. The van der Waals surface area contributed by atoms with Gasteiger partial charge in [0.2, 0.25) is 0 Å². The van der Waals surface area contributed by atoms with Crippen LogP contribution in [0.4, 0.5) is 17.1 Å². The van der Waals surface area contributed by atoms with E-state index < -0.39 is 0 Å². The maximum absolute atomic E-state index is 2.37. The molecular weight excluding hydrogens is 671 g/mol. The summed E-state index contributed by atoms with van der Waals surface area (Å²) in [5.41, 5.74) is 13.1. The van der Waals surface area contributed by atoms with Crippen LogP contribution >= 0.6 is 11.3 Å². The van der Waals surface area contributed by atoms with Crippen molar-refractivity contribution in [2.24, 2.45) is 0 Å². The molecule has 0 unspecified atom stereocenters. The lowest BCUT2D eigenvalue weighted by Crippen LogP contribution is -2.09. The van der Waals surface area contributed by atoms with Gasteiger partial charge in [0.15, 0.2) is 0 Å². The normalized spacial score (nSPS) is 11.3. The highest BCUT2D eigenvalue weighted by Crippen LogP contribution is 2.41. The van der Waals surface area contributed by atoms with Gasteiger partial charge in [0.05, 0.1) is 0 Å². The molecule has 1 aromatic heterocycles. The van der Waals surface area contributed by atoms with Crippen LogP contribution in [-0.2, 0) is 0 Å². The fourth-order valence-corrected chi connectivity index (χ4v) is 8.78. The van der Waals surface area contributed by atoms with E-state index in [4.69, 9.17) is 0 Å². The molecule has 0 amide bonds. The Kier molecular flexibility index (Phi) is 8.09. The first kappa shape index (κ1) is 32.0. The number of anilines is 3. The van der Waals surface area contributed by atoms with Crippen LogP contribution in [0.15, 0.2) is 212 Å². The summed E-state index contributed by atoms with van der Waals surface area (Å²) >= 11 is 1.86. The first-order valence-corrected chi connectivity index (χ1v) is 19.2. The van der Waals surface area contributed by atoms with Crippen molar-refractivity contribution in [3.05, 3.63) is 212 Å². The summed E-state index contributed by atoms with van der Waals surface area (Å²) < 4.78 is 2.61. The van der Waals surface area contributed by atoms with Crippen LogP contribution < -0.4 is 4.90 Å². The second kappa shape index (κ2) is 13.7. The van der Waals surface area contributed by atoms with Gasteiger partial charge >= 0.3 is 0 Å². The van der Waals surface area contributed by atoms with Crippen molar-refractivity contribution in [3.63, 3.8) is 0 Å². The minimum Gasteiger partial charge on any atom is -0.310 e. The maximum atomic E-state index is 2.37. The van der Waals surface area contributed by atoms with Gasteiger partial charge in [-0.15, -0.1) is 11.3 Å². The van der Waals surface area contributed by atoms with Crippen LogP contribution in [0.5, 0.6) is 0 Å². The number of rotatable bonds is 7. The number of fused-ring (bicyclic) bond motifs is 4. The molecule has 0 bridgehead atoms. The lowest BCUT2D eigenvalue weighted by atomic mass is 9.96. The number of benzene rings is 9. The van der Waals surface area contributed by atoms with Gasteiger partial charge in [0.1, 0.15) is 0 Å². The van der Waals surface area contributed by atoms with Gasteiger partial charge in [-0.25, -0.2) is 0 Å². The minimum atomic E-state index is 1.12. The van der Waals surface area contributed by atoms with Crippen LogP contribution in [0.3, 0.4) is 0 Å². The molecule has 9 aromatic carbocycles. The molecule has 1 nitrogen and oxygen atoms in total. The van der Waals surface area contributed by atoms with Gasteiger partial charge < -0.3 is 4.90 Å². The molecule has 2 heteroatoms. The molecule has 10 rings (SSSR count). The highest BCUT2D eigenvalue weighted by molar-refractivity contribution is 7.25. The van der Waals surface area contributed by atoms with Crippen molar-refractivity contribution in [3.8, 4) is 44.5 Å². The van der Waals surface area contributed by atoms with Crippen molar-refractivity contribution < 1.29 is 0 Å². The summed E-state index contributed by atoms with van der Waals surface area (Å²) in [4.78, 5) is 2.37. The third-order valence-corrected chi connectivity index (χ3v) is 11.6. The van der Waals surface area contributed by atoms with E-state index in [1.807, 2.05) is 11.3 Å². The van der Waals surface area contributed by atoms with Crippen LogP contribution in [0.2, 0.25) is 0 Å². The SMILES string of the molecule is c1ccc(-c2ccc(N(c3ccc(-c4ccc(-c5cccc(-c6ccc7ccccc7c6)c5)cc4)cc3)c3ccc4c(c3)sc3ccccc34)cc2)cc1. The van der Waals surface area contributed by atoms with Gasteiger partial charge in [-0.05, 0) is 110 Å². The predicted molar refractivity (Wildman–Crippen MR) is 233 cm³/mol. The Bertz CT molecular complexity index is 2900. The zero-order valence-corrected chi connectivity index (χ0v) is 30.4. The molecule has 0 spiro atoms. The first-order chi connectivity index (χ1) is 26.7. The maximum Gasteiger partial charge on any atom is 0.0476 e. The van der Waals surface area contributed by atoms with E-state index in [9.17, 15) is 0 Å². The molecule has 0 N–H and O–H groups in total. The highest BCUT2D eigenvalue weighted by atomic mass is 32.1. The Labute approximate surface area is 319 Å². The average Bonchev–Trinajstić information content (AvgIpc) is 3.63. The fraction of sp³-hybridized carbons (Fsp3) is 0. The molecule has 0 saturated carbocycles. The molecule has 0 aliphatic rings. The fourth-order valence-electron chi connectivity index (χ4n) is 7.64. The molecule has 10 aromatic rings. The number of nitrogens with zero attached hydrogens (tertiary/aromatic N) is 1. The molecule has 54 heavy (non-hydrogen) atoms. The zero-order valence-electron chi connectivity index (χ0n) is 29.6. The Hall–Kier alpha value is -6.74. The Morgan fingerprint density at radius 2 is 0.722 bits per heavy atom. The van der Waals surface area contributed by atoms with E-state index >= 15 is 0 Å². The first-order valence-electron chi connectivity index (χ1n) is 18.4. The van der Waals surface area contributed by atoms with Crippen molar-refractivity contribution >= 4 is 59.3 Å². The molecule has 254 valence electrons. The monoisotopic (exact) mass is 705 g/mol. The van der Waals surface area contributed by atoms with Gasteiger partial charge in [0.25, 0.3) is 0 Å². The van der Waals surface area contributed by atoms with E-state index in [0.717, 1.165) is 17.1 Å². The summed E-state index contributed by atoms with van der Waals surface area (Å²) in [5, 5.41) is 5.14. The smallest absolute Gasteiger partial charge is 0.0476 e. The van der Waals surface area contributed by atoms with Crippen molar-refractivity contribution in [1.82, 2.24) is 0 Å². The van der Waals surface area contributed by atoms with Gasteiger partial charge in [-0.2, -0.15) is 0 Å². The van der Waals surface area contributed by atoms with Crippen molar-refractivity contribution in [2.45, 2.75) is 0 Å². The second-order valence-corrected chi connectivity index (χ2v) is 14.9. The Balaban J connectivity index is 0.963. The lowest BCUT2D eigenvalue weighted by molar-refractivity contribution is 1.29. The van der Waals surface area contributed by atoms with Crippen LogP contribution in [0.1, 0.15) is 0 Å². The molecule has 0 atom stereocenters. The topological polar surface area (TPSA) is 3.24 Å². The van der Waals surface area contributed by atoms with Gasteiger partial charge in [-0.1, -0.05) is 158 Å². The highest BCUT2D eigenvalue weighted by Gasteiger charge is 2.16. The summed E-state index contributed by atoms with van der Waals surface area (Å²) in [6, 6.07) is 77.1. The second-order valence-electron chi connectivity index (χ2n) is 13.8. The van der Waals surface area contributed by atoms with Crippen molar-refractivity contribution in [2.75, 3.05) is 4.90 Å². The van der Waals surface area contributed by atoms with Crippen LogP contribution in [0, 0.1) is 0 Å². The van der Waals surface area contributed by atoms with Crippen LogP contribution in [-0.4, -0.2) is 0 Å². The quantitative estimate of drug-likeness (QED) is 0.160. The van der Waals surface area contributed by atoms with Crippen molar-refractivity contribution in [1.29, 1.82) is 0 Å². The summed E-state index contributed by atoms with van der Waals surface area (Å²) in [6.07, 6.45) is 0. The van der Waals surface area contributed by atoms with E-state index in [1.165, 1.54) is 75.5 Å². The Morgan fingerprint density at radius 3 is 1.43 bits per heavy atom. The molecule has 0 saturated heterocycles.